The van der Waals surface area contributed by atoms with E-state index in [2.05, 4.69) is 5.10 Å². The Labute approximate surface area is 185 Å². The zero-order chi connectivity index (χ0) is 22.0. The highest BCUT2D eigenvalue weighted by atomic mass is 35.5. The molecule has 6 nitrogen and oxygen atoms in total. The molecule has 0 saturated carbocycles. The minimum atomic E-state index is -3.92. The van der Waals surface area contributed by atoms with Gasteiger partial charge in [-0.15, -0.1) is 0 Å². The molecule has 3 aromatic carbocycles. The number of hydrogen-bond donors (Lipinski definition) is 0. The second-order valence-corrected chi connectivity index (χ2v) is 9.29. The van der Waals surface area contributed by atoms with Gasteiger partial charge >= 0.3 is 0 Å². The molecule has 31 heavy (non-hydrogen) atoms. The number of rotatable bonds is 7. The number of halogens is 1. The van der Waals surface area contributed by atoms with Gasteiger partial charge in [-0.1, -0.05) is 41.9 Å². The molecule has 0 radical (unpaired) electrons. The summed E-state index contributed by atoms with van der Waals surface area (Å²) in [5.74, 6) is 0.453. The van der Waals surface area contributed by atoms with Gasteiger partial charge < -0.3 is 4.74 Å². The van der Waals surface area contributed by atoms with Crippen molar-refractivity contribution in [1.29, 1.82) is 0 Å². The molecule has 0 saturated heterocycles. The highest BCUT2D eigenvalue weighted by Crippen LogP contribution is 2.24. The van der Waals surface area contributed by atoms with Crippen LogP contribution in [-0.2, 0) is 27.7 Å². The maximum atomic E-state index is 13.1. The van der Waals surface area contributed by atoms with E-state index in [1.54, 1.807) is 36.4 Å². The smallest absolute Gasteiger partial charge is 0.283 e. The Morgan fingerprint density at radius 2 is 1.71 bits per heavy atom. The molecule has 158 valence electrons. The summed E-state index contributed by atoms with van der Waals surface area (Å²) in [5.41, 5.74) is 2.01. The van der Waals surface area contributed by atoms with Crippen molar-refractivity contribution in [3.8, 4) is 5.75 Å². The summed E-state index contributed by atoms with van der Waals surface area (Å²) in [7, 11) is -2.45. The van der Waals surface area contributed by atoms with Gasteiger partial charge in [0.2, 0.25) is 0 Å². The van der Waals surface area contributed by atoms with Gasteiger partial charge in [0.1, 0.15) is 11.5 Å². The van der Waals surface area contributed by atoms with E-state index >= 15 is 0 Å². The number of benzene rings is 3. The number of aromatic nitrogens is 2. The van der Waals surface area contributed by atoms with E-state index in [9.17, 15) is 13.2 Å². The molecule has 4 aromatic rings. The monoisotopic (exact) mass is 454 g/mol. The van der Waals surface area contributed by atoms with E-state index < -0.39 is 10.0 Å². The molecular weight excluding hydrogens is 436 g/mol. The number of carbonyl (C=O) groups is 1. The fourth-order valence-electron chi connectivity index (χ4n) is 3.32. The van der Waals surface area contributed by atoms with Crippen molar-refractivity contribution in [3.63, 3.8) is 0 Å². The first-order valence-electron chi connectivity index (χ1n) is 9.49. The van der Waals surface area contributed by atoms with Crippen LogP contribution in [0.15, 0.2) is 77.8 Å². The van der Waals surface area contributed by atoms with Crippen LogP contribution in [0.4, 0.5) is 0 Å². The molecule has 0 amide bonds. The summed E-state index contributed by atoms with van der Waals surface area (Å²) < 4.78 is 32.4. The fourth-order valence-corrected chi connectivity index (χ4v) is 4.75. The molecule has 0 bridgehead atoms. The molecule has 0 N–H and O–H groups in total. The van der Waals surface area contributed by atoms with E-state index in [0.29, 0.717) is 27.2 Å². The Morgan fingerprint density at radius 1 is 1.00 bits per heavy atom. The van der Waals surface area contributed by atoms with Gasteiger partial charge in [-0.3, -0.25) is 4.79 Å². The largest absolute Gasteiger partial charge is 0.497 e. The Hall–Kier alpha value is -3.16. The normalized spacial score (nSPS) is 11.5. The number of ether oxygens (including phenoxy) is 1. The summed E-state index contributed by atoms with van der Waals surface area (Å²) in [4.78, 5) is 12.6. The van der Waals surface area contributed by atoms with Crippen LogP contribution >= 0.6 is 11.6 Å². The molecule has 0 fully saturated rings. The maximum absolute atomic E-state index is 13.1. The average Bonchev–Trinajstić information content (AvgIpc) is 3.19. The SMILES string of the molecule is COc1cccc(S(=O)(=O)n2ncc3ccc(CC(=O)Cc4ccc(Cl)cc4)cc32)c1. The molecule has 0 aliphatic rings. The van der Waals surface area contributed by atoms with Crippen molar-refractivity contribution >= 4 is 38.3 Å². The van der Waals surface area contributed by atoms with Crippen LogP contribution in [0.2, 0.25) is 5.02 Å². The summed E-state index contributed by atoms with van der Waals surface area (Å²) in [5, 5.41) is 5.37. The minimum Gasteiger partial charge on any atom is -0.497 e. The van der Waals surface area contributed by atoms with E-state index in [4.69, 9.17) is 16.3 Å². The van der Waals surface area contributed by atoms with Crippen LogP contribution in [0.3, 0.4) is 0 Å². The number of hydrogen-bond acceptors (Lipinski definition) is 5. The maximum Gasteiger partial charge on any atom is 0.283 e. The predicted octanol–water partition coefficient (Wildman–Crippen LogP) is 4.29. The lowest BCUT2D eigenvalue weighted by Crippen LogP contribution is -2.14. The van der Waals surface area contributed by atoms with Crippen molar-refractivity contribution in [3.05, 3.63) is 89.1 Å². The number of ketones is 1. The van der Waals surface area contributed by atoms with E-state index in [1.807, 2.05) is 18.2 Å². The first-order valence-corrected chi connectivity index (χ1v) is 11.3. The van der Waals surface area contributed by atoms with Crippen LogP contribution in [0.1, 0.15) is 11.1 Å². The molecule has 0 aliphatic carbocycles. The molecular formula is C23H19ClN2O4S. The predicted molar refractivity (Wildman–Crippen MR) is 119 cm³/mol. The summed E-state index contributed by atoms with van der Waals surface area (Å²) >= 11 is 5.89. The Kier molecular flexibility index (Phi) is 5.80. The van der Waals surface area contributed by atoms with Crippen LogP contribution in [0.25, 0.3) is 10.9 Å². The molecule has 0 aliphatic heterocycles. The van der Waals surface area contributed by atoms with Gasteiger partial charge in [-0.05, 0) is 41.5 Å². The standard InChI is InChI=1S/C23H19ClN2O4S/c1-30-21-3-2-4-22(14-21)31(28,29)26-23-13-17(5-8-18(23)15-25-26)12-20(27)11-16-6-9-19(24)10-7-16/h2-10,13-15H,11-12H2,1H3. The third-order valence-electron chi connectivity index (χ3n) is 4.89. The van der Waals surface area contributed by atoms with Crippen molar-refractivity contribution in [2.45, 2.75) is 17.7 Å². The van der Waals surface area contributed by atoms with Crippen LogP contribution < -0.4 is 4.74 Å². The summed E-state index contributed by atoms with van der Waals surface area (Å²) in [6.07, 6.45) is 1.95. The molecule has 4 rings (SSSR count). The third-order valence-corrected chi connectivity index (χ3v) is 6.73. The fraction of sp³-hybridized carbons (Fsp3) is 0.130. The Balaban J connectivity index is 1.63. The Morgan fingerprint density at radius 3 is 2.45 bits per heavy atom. The van der Waals surface area contributed by atoms with E-state index in [-0.39, 0.29) is 23.5 Å². The number of Topliss-reactive ketones (excluding diaryl/α,β-unsaturated/α-hetero) is 1. The number of carbonyl (C=O) groups excluding carboxylic acids is 1. The van der Waals surface area contributed by atoms with Gasteiger partial charge in [-0.2, -0.15) is 17.6 Å². The molecule has 0 atom stereocenters. The van der Waals surface area contributed by atoms with Crippen LogP contribution in [0.5, 0.6) is 5.75 Å². The van der Waals surface area contributed by atoms with Crippen LogP contribution in [-0.4, -0.2) is 30.5 Å². The zero-order valence-corrected chi connectivity index (χ0v) is 18.2. The molecule has 8 heteroatoms. The van der Waals surface area contributed by atoms with Gasteiger partial charge in [0.25, 0.3) is 10.0 Å². The lowest BCUT2D eigenvalue weighted by Gasteiger charge is -2.08. The van der Waals surface area contributed by atoms with Crippen molar-refractivity contribution in [1.82, 2.24) is 9.19 Å². The highest BCUT2D eigenvalue weighted by molar-refractivity contribution is 7.90. The van der Waals surface area contributed by atoms with Gasteiger partial charge in [0.05, 0.1) is 23.7 Å². The quantitative estimate of drug-likeness (QED) is 0.416. The number of methoxy groups -OCH3 is 1. The van der Waals surface area contributed by atoms with Gasteiger partial charge in [0.15, 0.2) is 0 Å². The first kappa shape index (κ1) is 21.1. The molecule has 1 heterocycles. The lowest BCUT2D eigenvalue weighted by atomic mass is 10.0. The minimum absolute atomic E-state index is 0.0170. The topological polar surface area (TPSA) is 78.3 Å². The summed E-state index contributed by atoms with van der Waals surface area (Å²) in [6.45, 7) is 0. The third kappa shape index (κ3) is 4.47. The zero-order valence-electron chi connectivity index (χ0n) is 16.7. The second kappa shape index (κ2) is 8.53. The number of nitrogens with zero attached hydrogens (tertiary/aromatic N) is 2. The molecule has 0 spiro atoms. The van der Waals surface area contributed by atoms with Crippen LogP contribution in [0, 0.1) is 0 Å². The van der Waals surface area contributed by atoms with E-state index in [1.165, 1.54) is 25.4 Å². The number of fused-ring (bicyclic) bond motifs is 1. The second-order valence-electron chi connectivity index (χ2n) is 7.08. The molecule has 0 unspecified atom stereocenters. The van der Waals surface area contributed by atoms with E-state index in [0.717, 1.165) is 9.65 Å². The highest BCUT2D eigenvalue weighted by Gasteiger charge is 2.21. The first-order chi connectivity index (χ1) is 14.9. The Bertz CT molecular complexity index is 1360. The summed E-state index contributed by atoms with van der Waals surface area (Å²) in [6, 6.07) is 18.6. The van der Waals surface area contributed by atoms with Crippen molar-refractivity contribution in [2.75, 3.05) is 7.11 Å². The lowest BCUT2D eigenvalue weighted by molar-refractivity contribution is -0.117. The van der Waals surface area contributed by atoms with Crippen molar-refractivity contribution < 1.29 is 17.9 Å². The van der Waals surface area contributed by atoms with Gasteiger partial charge in [-0.25, -0.2) is 0 Å². The van der Waals surface area contributed by atoms with Gasteiger partial charge in [0, 0.05) is 29.3 Å². The van der Waals surface area contributed by atoms with Crippen molar-refractivity contribution in [2.24, 2.45) is 0 Å². The molecule has 1 aromatic heterocycles. The average molecular weight is 455 g/mol.